The van der Waals surface area contributed by atoms with E-state index in [1.54, 1.807) is 30.6 Å². The van der Waals surface area contributed by atoms with Crippen molar-refractivity contribution in [3.63, 3.8) is 0 Å². The first-order valence-electron chi connectivity index (χ1n) is 10.6. The molecular formula is C26H23N3O3. The van der Waals surface area contributed by atoms with E-state index in [1.165, 1.54) is 18.2 Å². The minimum absolute atomic E-state index is 0.125. The second-order valence-corrected chi connectivity index (χ2v) is 7.96. The van der Waals surface area contributed by atoms with Crippen LogP contribution in [0.15, 0.2) is 67.0 Å². The summed E-state index contributed by atoms with van der Waals surface area (Å²) in [5.41, 5.74) is 7.04. The van der Waals surface area contributed by atoms with E-state index >= 15 is 0 Å². The maximum Gasteiger partial charge on any atom is 0.339 e. The first kappa shape index (κ1) is 20.0. The highest BCUT2D eigenvalue weighted by molar-refractivity contribution is 5.97. The number of aromatic carboxylic acids is 1. The summed E-state index contributed by atoms with van der Waals surface area (Å²) in [6.07, 6.45) is 6.66. The molecule has 0 radical (unpaired) electrons. The first-order chi connectivity index (χ1) is 15.6. The number of hydrogen-bond acceptors (Lipinski definition) is 5. The van der Waals surface area contributed by atoms with Gasteiger partial charge in [-0.05, 0) is 60.2 Å². The fraction of sp³-hybridized carbons (Fsp3) is 0.192. The van der Waals surface area contributed by atoms with Gasteiger partial charge in [-0.15, -0.1) is 0 Å². The third-order valence-electron chi connectivity index (χ3n) is 6.03. The summed E-state index contributed by atoms with van der Waals surface area (Å²) in [6.45, 7) is 0. The van der Waals surface area contributed by atoms with Gasteiger partial charge in [0.1, 0.15) is 11.3 Å². The van der Waals surface area contributed by atoms with Crippen LogP contribution in [0.2, 0.25) is 0 Å². The fourth-order valence-corrected chi connectivity index (χ4v) is 4.52. The number of nitrogens with one attached hydrogen (secondary N) is 1. The molecule has 0 amide bonds. The first-order valence-corrected chi connectivity index (χ1v) is 10.6. The number of aryl methyl sites for hydroxylation is 1. The third-order valence-corrected chi connectivity index (χ3v) is 6.03. The second kappa shape index (κ2) is 8.30. The predicted molar refractivity (Wildman–Crippen MR) is 124 cm³/mol. The second-order valence-electron chi connectivity index (χ2n) is 7.96. The molecule has 3 aromatic carbocycles. The standard InChI is InChI=1S/C26H23N3O3/c1-32-24-13-17(9-10-20(24)26(30)31)21-14-18(15-23-25(21)28-12-11-27-23)29-22-8-4-6-16-5-2-3-7-19(16)22/h2-3,5,7,9-15,22,29H,4,6,8H2,1H3,(H,30,31)/t22-/m1/s1. The summed E-state index contributed by atoms with van der Waals surface area (Å²) in [5.74, 6) is -0.712. The topological polar surface area (TPSA) is 84.3 Å². The van der Waals surface area contributed by atoms with E-state index in [0.717, 1.165) is 47.1 Å². The lowest BCUT2D eigenvalue weighted by Gasteiger charge is -2.27. The van der Waals surface area contributed by atoms with E-state index in [-0.39, 0.29) is 11.6 Å². The van der Waals surface area contributed by atoms with E-state index in [2.05, 4.69) is 45.6 Å². The number of rotatable bonds is 5. The highest BCUT2D eigenvalue weighted by Crippen LogP contribution is 2.37. The van der Waals surface area contributed by atoms with Gasteiger partial charge in [-0.3, -0.25) is 9.97 Å². The van der Waals surface area contributed by atoms with Crippen LogP contribution in [-0.2, 0) is 6.42 Å². The molecule has 0 saturated heterocycles. The van der Waals surface area contributed by atoms with Crippen LogP contribution in [0.4, 0.5) is 5.69 Å². The fourth-order valence-electron chi connectivity index (χ4n) is 4.52. The molecule has 2 N–H and O–H groups in total. The summed E-state index contributed by atoms with van der Waals surface area (Å²) in [5, 5.41) is 13.1. The lowest BCUT2D eigenvalue weighted by molar-refractivity contribution is 0.0693. The number of fused-ring (bicyclic) bond motifs is 2. The molecule has 32 heavy (non-hydrogen) atoms. The molecule has 0 saturated carbocycles. The number of nitrogens with zero attached hydrogens (tertiary/aromatic N) is 2. The van der Waals surface area contributed by atoms with E-state index < -0.39 is 5.97 Å². The molecule has 4 aromatic rings. The molecule has 6 nitrogen and oxygen atoms in total. The van der Waals surface area contributed by atoms with Gasteiger partial charge in [-0.1, -0.05) is 30.3 Å². The van der Waals surface area contributed by atoms with Crippen LogP contribution in [0, 0.1) is 0 Å². The number of carboxylic acid groups (broad SMARTS) is 1. The molecule has 6 heteroatoms. The van der Waals surface area contributed by atoms with E-state index in [9.17, 15) is 9.90 Å². The Kier molecular flexibility index (Phi) is 5.19. The van der Waals surface area contributed by atoms with Crippen LogP contribution in [-0.4, -0.2) is 28.2 Å². The molecule has 1 aromatic heterocycles. The molecule has 1 heterocycles. The molecule has 0 aliphatic heterocycles. The lowest BCUT2D eigenvalue weighted by atomic mass is 9.87. The van der Waals surface area contributed by atoms with Crippen molar-refractivity contribution < 1.29 is 14.6 Å². The maximum absolute atomic E-state index is 11.5. The number of hydrogen-bond donors (Lipinski definition) is 2. The zero-order chi connectivity index (χ0) is 22.1. The van der Waals surface area contributed by atoms with Crippen LogP contribution >= 0.6 is 0 Å². The van der Waals surface area contributed by atoms with Crippen molar-refractivity contribution in [1.29, 1.82) is 0 Å². The van der Waals surface area contributed by atoms with Gasteiger partial charge in [-0.25, -0.2) is 4.79 Å². The molecule has 1 aliphatic carbocycles. The molecule has 0 bridgehead atoms. The monoisotopic (exact) mass is 425 g/mol. The summed E-state index contributed by atoms with van der Waals surface area (Å²) in [4.78, 5) is 20.6. The minimum Gasteiger partial charge on any atom is -0.496 e. The Hall–Kier alpha value is -3.93. The minimum atomic E-state index is -1.02. The van der Waals surface area contributed by atoms with Crippen molar-refractivity contribution in [2.75, 3.05) is 12.4 Å². The number of benzene rings is 3. The van der Waals surface area contributed by atoms with Crippen molar-refractivity contribution in [1.82, 2.24) is 9.97 Å². The Morgan fingerprint density at radius 1 is 1.09 bits per heavy atom. The van der Waals surface area contributed by atoms with Gasteiger partial charge in [0.15, 0.2) is 0 Å². The summed E-state index contributed by atoms with van der Waals surface area (Å²) < 4.78 is 5.34. The Balaban J connectivity index is 1.60. The molecule has 0 spiro atoms. The van der Waals surface area contributed by atoms with Crippen LogP contribution in [0.1, 0.15) is 40.4 Å². The molecule has 160 valence electrons. The number of ether oxygens (including phenoxy) is 1. The molecule has 1 aliphatic rings. The van der Waals surface area contributed by atoms with Gasteiger partial charge in [0.25, 0.3) is 0 Å². The SMILES string of the molecule is COc1cc(-c2cc(N[C@@H]3CCCc4ccccc43)cc3nccnc23)ccc1C(=O)O. The predicted octanol–water partition coefficient (Wildman–Crippen LogP) is 5.49. The number of anilines is 1. The zero-order valence-corrected chi connectivity index (χ0v) is 17.7. The third kappa shape index (κ3) is 3.64. The summed E-state index contributed by atoms with van der Waals surface area (Å²) >= 11 is 0. The number of carboxylic acids is 1. The van der Waals surface area contributed by atoms with Crippen molar-refractivity contribution >= 4 is 22.7 Å². The molecule has 1 atom stereocenters. The smallest absolute Gasteiger partial charge is 0.339 e. The Morgan fingerprint density at radius 3 is 2.78 bits per heavy atom. The van der Waals surface area contributed by atoms with Gasteiger partial charge >= 0.3 is 5.97 Å². The van der Waals surface area contributed by atoms with Gasteiger partial charge in [0.2, 0.25) is 0 Å². The van der Waals surface area contributed by atoms with Crippen molar-refractivity contribution in [3.05, 3.63) is 83.7 Å². The lowest BCUT2D eigenvalue weighted by Crippen LogP contribution is -2.17. The number of methoxy groups -OCH3 is 1. The molecule has 0 fully saturated rings. The molecule has 5 rings (SSSR count). The summed E-state index contributed by atoms with van der Waals surface area (Å²) in [7, 11) is 1.47. The van der Waals surface area contributed by atoms with E-state index in [0.29, 0.717) is 5.75 Å². The quantitative estimate of drug-likeness (QED) is 0.440. The van der Waals surface area contributed by atoms with Gasteiger partial charge in [-0.2, -0.15) is 0 Å². The van der Waals surface area contributed by atoms with Crippen molar-refractivity contribution in [2.24, 2.45) is 0 Å². The molecule has 0 unspecified atom stereocenters. The average molecular weight is 425 g/mol. The number of carbonyl (C=O) groups is 1. The van der Waals surface area contributed by atoms with Crippen LogP contribution < -0.4 is 10.1 Å². The zero-order valence-electron chi connectivity index (χ0n) is 17.7. The largest absolute Gasteiger partial charge is 0.496 e. The summed E-state index contributed by atoms with van der Waals surface area (Å²) in [6, 6.07) is 18.0. The van der Waals surface area contributed by atoms with Gasteiger partial charge in [0, 0.05) is 23.6 Å². The number of aromatic nitrogens is 2. The Bertz CT molecular complexity index is 1320. The van der Waals surface area contributed by atoms with E-state index in [4.69, 9.17) is 4.74 Å². The van der Waals surface area contributed by atoms with Gasteiger partial charge < -0.3 is 15.2 Å². The highest BCUT2D eigenvalue weighted by Gasteiger charge is 2.21. The highest BCUT2D eigenvalue weighted by atomic mass is 16.5. The normalized spacial score (nSPS) is 15.2. The van der Waals surface area contributed by atoms with Crippen LogP contribution in [0.5, 0.6) is 5.75 Å². The average Bonchev–Trinajstić information content (AvgIpc) is 2.83. The van der Waals surface area contributed by atoms with Crippen molar-refractivity contribution in [2.45, 2.75) is 25.3 Å². The van der Waals surface area contributed by atoms with Crippen LogP contribution in [0.3, 0.4) is 0 Å². The molecular weight excluding hydrogens is 402 g/mol. The maximum atomic E-state index is 11.5. The Morgan fingerprint density at radius 2 is 1.94 bits per heavy atom. The van der Waals surface area contributed by atoms with Crippen LogP contribution in [0.25, 0.3) is 22.2 Å². The van der Waals surface area contributed by atoms with Crippen molar-refractivity contribution in [3.8, 4) is 16.9 Å². The van der Waals surface area contributed by atoms with E-state index in [1.807, 2.05) is 6.07 Å². The van der Waals surface area contributed by atoms with Gasteiger partial charge in [0.05, 0.1) is 24.2 Å². The Labute approximate surface area is 185 Å².